The van der Waals surface area contributed by atoms with Crippen LogP contribution in [0, 0.1) is 3.57 Å². The number of hydrogen-bond donors (Lipinski definition) is 1. The van der Waals surface area contributed by atoms with Crippen molar-refractivity contribution in [2.75, 3.05) is 16.8 Å². The van der Waals surface area contributed by atoms with Gasteiger partial charge in [-0.1, -0.05) is 41.7 Å². The molecule has 0 aliphatic carbocycles. The van der Waals surface area contributed by atoms with Crippen LogP contribution in [0.25, 0.3) is 0 Å². The third-order valence-corrected chi connectivity index (χ3v) is 6.26. The minimum absolute atomic E-state index is 0.0160. The van der Waals surface area contributed by atoms with Crippen LogP contribution in [0.4, 0.5) is 10.8 Å². The number of aromatic nitrogens is 2. The molecule has 1 unspecified atom stereocenters. The van der Waals surface area contributed by atoms with Crippen molar-refractivity contribution in [3.63, 3.8) is 0 Å². The van der Waals surface area contributed by atoms with Crippen LogP contribution < -0.4 is 10.2 Å². The van der Waals surface area contributed by atoms with E-state index in [-0.39, 0.29) is 17.7 Å². The van der Waals surface area contributed by atoms with Crippen LogP contribution in [-0.2, 0) is 4.79 Å². The number of carbonyl (C=O) groups excluding carboxylic acids is 2. The van der Waals surface area contributed by atoms with Crippen LogP contribution in [0.15, 0.2) is 54.6 Å². The fourth-order valence-corrected chi connectivity index (χ4v) is 4.45. The van der Waals surface area contributed by atoms with E-state index >= 15 is 0 Å². The van der Waals surface area contributed by atoms with E-state index in [1.807, 2.05) is 48.5 Å². The van der Waals surface area contributed by atoms with Crippen LogP contribution in [0.5, 0.6) is 0 Å². The van der Waals surface area contributed by atoms with E-state index in [1.165, 1.54) is 11.3 Å². The van der Waals surface area contributed by atoms with E-state index in [0.29, 0.717) is 23.7 Å². The Balaban J connectivity index is 1.46. The summed E-state index contributed by atoms with van der Waals surface area (Å²) < 4.78 is 0.872. The lowest BCUT2D eigenvalue weighted by Crippen LogP contribution is -2.24. The average Bonchev–Trinajstić information content (AvgIpc) is 3.29. The van der Waals surface area contributed by atoms with Crippen molar-refractivity contribution < 1.29 is 9.59 Å². The van der Waals surface area contributed by atoms with Gasteiger partial charge in [-0.15, -0.1) is 10.2 Å². The van der Waals surface area contributed by atoms with E-state index in [1.54, 1.807) is 11.0 Å². The molecule has 1 atom stereocenters. The van der Waals surface area contributed by atoms with Crippen molar-refractivity contribution in [2.45, 2.75) is 12.3 Å². The van der Waals surface area contributed by atoms with Gasteiger partial charge in [-0.25, -0.2) is 0 Å². The molecule has 2 aromatic carbocycles. The Bertz CT molecular complexity index is 992. The van der Waals surface area contributed by atoms with Crippen molar-refractivity contribution in [3.8, 4) is 0 Å². The number of anilines is 2. The molecule has 1 aliphatic rings. The number of carbonyl (C=O) groups is 2. The van der Waals surface area contributed by atoms with Crippen LogP contribution in [0.1, 0.15) is 27.7 Å². The number of para-hydroxylation sites is 1. The van der Waals surface area contributed by atoms with Gasteiger partial charge in [0.1, 0.15) is 5.01 Å². The average molecular weight is 490 g/mol. The molecule has 3 aromatic rings. The number of rotatable bonds is 4. The summed E-state index contributed by atoms with van der Waals surface area (Å²) in [6.07, 6.45) is 0.397. The number of hydrogen-bond acceptors (Lipinski definition) is 5. The first kappa shape index (κ1) is 18.1. The fraction of sp³-hybridized carbons (Fsp3) is 0.158. The molecule has 1 aromatic heterocycles. The monoisotopic (exact) mass is 490 g/mol. The Labute approximate surface area is 173 Å². The summed E-state index contributed by atoms with van der Waals surface area (Å²) in [5.41, 5.74) is 1.49. The van der Waals surface area contributed by atoms with Gasteiger partial charge in [0.15, 0.2) is 0 Å². The predicted molar refractivity (Wildman–Crippen MR) is 113 cm³/mol. The van der Waals surface area contributed by atoms with Gasteiger partial charge in [0.25, 0.3) is 5.91 Å². The zero-order valence-corrected chi connectivity index (χ0v) is 17.1. The summed E-state index contributed by atoms with van der Waals surface area (Å²) in [7, 11) is 0. The number of nitrogens with one attached hydrogen (secondary N) is 1. The van der Waals surface area contributed by atoms with Crippen molar-refractivity contribution in [2.24, 2.45) is 0 Å². The van der Waals surface area contributed by atoms with Crippen molar-refractivity contribution in [1.82, 2.24) is 10.2 Å². The van der Waals surface area contributed by atoms with Gasteiger partial charge in [0.05, 0.1) is 5.56 Å². The van der Waals surface area contributed by atoms with Crippen LogP contribution >= 0.6 is 33.9 Å². The molecule has 1 N–H and O–H groups in total. The lowest BCUT2D eigenvalue weighted by molar-refractivity contribution is -0.117. The van der Waals surface area contributed by atoms with E-state index in [0.717, 1.165) is 14.3 Å². The lowest BCUT2D eigenvalue weighted by Gasteiger charge is -2.15. The maximum absolute atomic E-state index is 12.4. The van der Waals surface area contributed by atoms with Gasteiger partial charge in [-0.3, -0.25) is 14.9 Å². The Morgan fingerprint density at radius 2 is 1.85 bits per heavy atom. The summed E-state index contributed by atoms with van der Waals surface area (Å²) in [5.74, 6) is -0.153. The first-order chi connectivity index (χ1) is 13.1. The molecule has 2 amide bonds. The lowest BCUT2D eigenvalue weighted by atomic mass is 10.1. The highest BCUT2D eigenvalue weighted by Gasteiger charge is 2.33. The van der Waals surface area contributed by atoms with E-state index in [2.05, 4.69) is 38.1 Å². The first-order valence-electron chi connectivity index (χ1n) is 8.36. The summed E-state index contributed by atoms with van der Waals surface area (Å²) >= 11 is 3.45. The summed E-state index contributed by atoms with van der Waals surface area (Å²) in [5, 5.41) is 12.3. The van der Waals surface area contributed by atoms with E-state index in [4.69, 9.17) is 0 Å². The second kappa shape index (κ2) is 7.73. The summed E-state index contributed by atoms with van der Waals surface area (Å²) in [4.78, 5) is 26.6. The predicted octanol–water partition coefficient (Wildman–Crippen LogP) is 3.92. The minimum atomic E-state index is -0.212. The molecule has 0 bridgehead atoms. The third-order valence-electron chi connectivity index (χ3n) is 4.32. The molecule has 1 fully saturated rings. The highest BCUT2D eigenvalue weighted by molar-refractivity contribution is 14.1. The first-order valence-corrected chi connectivity index (χ1v) is 10.3. The highest BCUT2D eigenvalue weighted by atomic mass is 127. The normalized spacial score (nSPS) is 16.6. The van der Waals surface area contributed by atoms with Crippen molar-refractivity contribution in [3.05, 3.63) is 68.7 Å². The molecule has 1 aliphatic heterocycles. The van der Waals surface area contributed by atoms with E-state index < -0.39 is 0 Å². The molecule has 136 valence electrons. The van der Waals surface area contributed by atoms with Crippen LogP contribution in [0.2, 0.25) is 0 Å². The Kier molecular flexibility index (Phi) is 5.17. The quantitative estimate of drug-likeness (QED) is 0.563. The molecule has 27 heavy (non-hydrogen) atoms. The second-order valence-electron chi connectivity index (χ2n) is 6.12. The van der Waals surface area contributed by atoms with Crippen LogP contribution in [-0.4, -0.2) is 28.6 Å². The molecular formula is C19H15IN4O2S. The zero-order chi connectivity index (χ0) is 18.8. The molecule has 8 heteroatoms. The highest BCUT2D eigenvalue weighted by Crippen LogP contribution is 2.34. The maximum atomic E-state index is 12.4. The smallest absolute Gasteiger partial charge is 0.258 e. The van der Waals surface area contributed by atoms with Gasteiger partial charge < -0.3 is 4.90 Å². The standard InChI is InChI=1S/C19H15IN4O2S/c20-15-9-5-4-8-14(15)17(26)21-19-23-22-18(27-19)12-10-16(25)24(11-12)13-6-2-1-3-7-13/h1-9,12H,10-11H2,(H,21,23,26). The second-order valence-corrected chi connectivity index (χ2v) is 8.29. The minimum Gasteiger partial charge on any atom is -0.312 e. The third kappa shape index (κ3) is 3.86. The fourth-order valence-electron chi connectivity index (χ4n) is 2.99. The number of nitrogens with zero attached hydrogens (tertiary/aromatic N) is 3. The SMILES string of the molecule is O=C(Nc1nnc(C2CC(=O)N(c3ccccc3)C2)s1)c1ccccc1I. The number of halogens is 1. The molecular weight excluding hydrogens is 475 g/mol. The van der Waals surface area contributed by atoms with Crippen molar-refractivity contribution in [1.29, 1.82) is 0 Å². The Hall–Kier alpha value is -2.33. The largest absolute Gasteiger partial charge is 0.312 e. The summed E-state index contributed by atoms with van der Waals surface area (Å²) in [6.45, 7) is 0.571. The van der Waals surface area contributed by atoms with Gasteiger partial charge in [0.2, 0.25) is 11.0 Å². The Morgan fingerprint density at radius 3 is 2.63 bits per heavy atom. The molecule has 0 spiro atoms. The maximum Gasteiger partial charge on any atom is 0.258 e. The zero-order valence-electron chi connectivity index (χ0n) is 14.1. The van der Waals surface area contributed by atoms with E-state index in [9.17, 15) is 9.59 Å². The molecule has 0 radical (unpaired) electrons. The van der Waals surface area contributed by atoms with Gasteiger partial charge in [0, 0.05) is 28.1 Å². The molecule has 2 heterocycles. The molecule has 0 saturated carbocycles. The van der Waals surface area contributed by atoms with Gasteiger partial charge in [-0.05, 0) is 46.9 Å². The Morgan fingerprint density at radius 1 is 1.11 bits per heavy atom. The topological polar surface area (TPSA) is 75.2 Å². The summed E-state index contributed by atoms with van der Waals surface area (Å²) in [6, 6.07) is 17.0. The number of amides is 2. The molecule has 6 nitrogen and oxygen atoms in total. The van der Waals surface area contributed by atoms with Crippen LogP contribution in [0.3, 0.4) is 0 Å². The molecule has 1 saturated heterocycles. The molecule has 4 rings (SSSR count). The van der Waals surface area contributed by atoms with Gasteiger partial charge in [-0.2, -0.15) is 0 Å². The van der Waals surface area contributed by atoms with Gasteiger partial charge >= 0.3 is 0 Å². The van der Waals surface area contributed by atoms with Crippen molar-refractivity contribution >= 4 is 56.6 Å². The number of benzene rings is 2.